The molecule has 1 heterocycles. The van der Waals surface area contributed by atoms with Gasteiger partial charge >= 0.3 is 0 Å². The Balaban J connectivity index is 2.67. The summed E-state index contributed by atoms with van der Waals surface area (Å²) in [6, 6.07) is 3.28. The molecule has 4 nitrogen and oxygen atoms in total. The molecule has 2 N–H and O–H groups in total. The van der Waals surface area contributed by atoms with E-state index in [-0.39, 0.29) is 6.54 Å². The lowest BCUT2D eigenvalue weighted by atomic mass is 10.4. The van der Waals surface area contributed by atoms with Gasteiger partial charge in [0.15, 0.2) is 5.82 Å². The van der Waals surface area contributed by atoms with E-state index < -0.39 is 6.43 Å². The summed E-state index contributed by atoms with van der Waals surface area (Å²) in [5.41, 5.74) is 5.31. The van der Waals surface area contributed by atoms with Crippen molar-refractivity contribution < 1.29 is 8.78 Å². The summed E-state index contributed by atoms with van der Waals surface area (Å²) in [5.74, 6) is 0.429. The second-order valence-corrected chi connectivity index (χ2v) is 2.71. The third kappa shape index (κ3) is 3.21. The van der Waals surface area contributed by atoms with Crippen molar-refractivity contribution in [1.82, 2.24) is 10.2 Å². The zero-order chi connectivity index (χ0) is 10.4. The summed E-state index contributed by atoms with van der Waals surface area (Å²) in [6.07, 6.45) is -0.907. The third-order valence-electron chi connectivity index (χ3n) is 1.64. The minimum absolute atomic E-state index is 0.309. The highest BCUT2D eigenvalue weighted by molar-refractivity contribution is 5.36. The first-order chi connectivity index (χ1) is 6.74. The Morgan fingerprint density at radius 2 is 2.29 bits per heavy atom. The minimum Gasteiger partial charge on any atom is -0.348 e. The van der Waals surface area contributed by atoms with E-state index >= 15 is 0 Å². The van der Waals surface area contributed by atoms with Crippen molar-refractivity contribution in [1.29, 1.82) is 0 Å². The number of rotatable bonds is 5. The van der Waals surface area contributed by atoms with E-state index in [9.17, 15) is 8.78 Å². The van der Waals surface area contributed by atoms with E-state index in [2.05, 4.69) is 10.2 Å². The fraction of sp³-hybridized carbons (Fsp3) is 0.500. The van der Waals surface area contributed by atoms with E-state index in [4.69, 9.17) is 5.73 Å². The van der Waals surface area contributed by atoms with Crippen LogP contribution in [-0.2, 0) is 0 Å². The second-order valence-electron chi connectivity index (χ2n) is 2.71. The number of aromatic nitrogens is 2. The molecule has 1 rings (SSSR count). The van der Waals surface area contributed by atoms with Crippen LogP contribution in [0.2, 0.25) is 0 Å². The van der Waals surface area contributed by atoms with Crippen LogP contribution >= 0.6 is 0 Å². The zero-order valence-corrected chi connectivity index (χ0v) is 7.61. The zero-order valence-electron chi connectivity index (χ0n) is 7.61. The van der Waals surface area contributed by atoms with Crippen molar-refractivity contribution in [3.63, 3.8) is 0 Å². The van der Waals surface area contributed by atoms with Crippen LogP contribution in [0, 0.1) is 0 Å². The average molecular weight is 202 g/mol. The van der Waals surface area contributed by atoms with Crippen LogP contribution in [0.3, 0.4) is 0 Å². The molecule has 0 radical (unpaired) electrons. The molecule has 0 aliphatic heterocycles. The van der Waals surface area contributed by atoms with Gasteiger partial charge in [-0.05, 0) is 12.1 Å². The van der Waals surface area contributed by atoms with Crippen LogP contribution < -0.4 is 10.6 Å². The predicted octanol–water partition coefficient (Wildman–Crippen LogP) is 0.507. The van der Waals surface area contributed by atoms with Gasteiger partial charge in [0.05, 0.1) is 6.54 Å². The Morgan fingerprint density at radius 1 is 1.50 bits per heavy atom. The summed E-state index contributed by atoms with van der Waals surface area (Å²) in [4.78, 5) is 1.41. The predicted molar refractivity (Wildman–Crippen MR) is 49.3 cm³/mol. The van der Waals surface area contributed by atoms with Crippen LogP contribution in [0.5, 0.6) is 0 Å². The molecule has 14 heavy (non-hydrogen) atoms. The minimum atomic E-state index is -2.40. The van der Waals surface area contributed by atoms with Gasteiger partial charge in [-0.3, -0.25) is 0 Å². The lowest BCUT2D eigenvalue weighted by Crippen LogP contribution is -2.34. The number of nitrogens with zero attached hydrogens (tertiary/aromatic N) is 3. The van der Waals surface area contributed by atoms with Gasteiger partial charge in [-0.2, -0.15) is 5.10 Å². The molecular weight excluding hydrogens is 190 g/mol. The molecule has 0 atom stereocenters. The largest absolute Gasteiger partial charge is 0.348 e. The van der Waals surface area contributed by atoms with Crippen LogP contribution in [0.15, 0.2) is 18.3 Å². The molecule has 6 heteroatoms. The van der Waals surface area contributed by atoms with Gasteiger partial charge in [-0.15, -0.1) is 5.10 Å². The topological polar surface area (TPSA) is 55.0 Å². The fourth-order valence-electron chi connectivity index (χ4n) is 1.08. The summed E-state index contributed by atoms with van der Waals surface area (Å²) < 4.78 is 24.3. The number of halogens is 2. The van der Waals surface area contributed by atoms with Gasteiger partial charge in [0.1, 0.15) is 0 Å². The monoisotopic (exact) mass is 202 g/mol. The lowest BCUT2D eigenvalue weighted by molar-refractivity contribution is 0.154. The summed E-state index contributed by atoms with van der Waals surface area (Å²) in [6.45, 7) is 0.294. The Bertz CT molecular complexity index is 255. The van der Waals surface area contributed by atoms with Crippen molar-refractivity contribution in [3.8, 4) is 0 Å². The smallest absolute Gasteiger partial charge is 0.255 e. The van der Waals surface area contributed by atoms with Crippen molar-refractivity contribution in [2.75, 3.05) is 24.5 Å². The first kappa shape index (κ1) is 10.8. The molecule has 0 bridgehead atoms. The SMILES string of the molecule is NCCN(CC(F)F)c1cccnn1. The highest BCUT2D eigenvalue weighted by Gasteiger charge is 2.12. The lowest BCUT2D eigenvalue weighted by Gasteiger charge is -2.21. The third-order valence-corrected chi connectivity index (χ3v) is 1.64. The van der Waals surface area contributed by atoms with Gasteiger partial charge in [-0.1, -0.05) is 0 Å². The number of nitrogens with two attached hydrogens (primary N) is 1. The van der Waals surface area contributed by atoms with Crippen LogP contribution in [0.1, 0.15) is 0 Å². The highest BCUT2D eigenvalue weighted by atomic mass is 19.3. The highest BCUT2D eigenvalue weighted by Crippen LogP contribution is 2.09. The van der Waals surface area contributed by atoms with Crippen molar-refractivity contribution in [3.05, 3.63) is 18.3 Å². The molecule has 0 amide bonds. The molecule has 0 fully saturated rings. The molecule has 0 saturated heterocycles. The standard InChI is InChI=1S/C8H12F2N4/c9-7(10)6-14(5-3-11)8-2-1-4-12-13-8/h1-2,4,7H,3,5-6,11H2. The molecule has 78 valence electrons. The Kier molecular flexibility index (Phi) is 4.18. The summed E-state index contributed by atoms with van der Waals surface area (Å²) in [7, 11) is 0. The van der Waals surface area contributed by atoms with Gasteiger partial charge in [0.25, 0.3) is 6.43 Å². The fourth-order valence-corrected chi connectivity index (χ4v) is 1.08. The number of alkyl halides is 2. The van der Waals surface area contributed by atoms with Gasteiger partial charge in [0.2, 0.25) is 0 Å². The van der Waals surface area contributed by atoms with Gasteiger partial charge in [-0.25, -0.2) is 8.78 Å². The van der Waals surface area contributed by atoms with Crippen LogP contribution in [0.25, 0.3) is 0 Å². The first-order valence-corrected chi connectivity index (χ1v) is 4.25. The maximum absolute atomic E-state index is 12.2. The molecule has 0 aliphatic carbocycles. The Morgan fingerprint density at radius 3 is 2.79 bits per heavy atom. The van der Waals surface area contributed by atoms with Crippen molar-refractivity contribution >= 4 is 5.82 Å². The quantitative estimate of drug-likeness (QED) is 0.755. The van der Waals surface area contributed by atoms with Gasteiger partial charge < -0.3 is 10.6 Å². The van der Waals surface area contributed by atoms with E-state index in [1.54, 1.807) is 12.1 Å². The Hall–Kier alpha value is -1.30. The molecule has 0 spiro atoms. The van der Waals surface area contributed by atoms with Crippen LogP contribution in [-0.4, -0.2) is 36.3 Å². The molecular formula is C8H12F2N4. The molecule has 0 aromatic carbocycles. The van der Waals surface area contributed by atoms with Gasteiger partial charge in [0, 0.05) is 19.3 Å². The van der Waals surface area contributed by atoms with Crippen LogP contribution in [0.4, 0.5) is 14.6 Å². The maximum Gasteiger partial charge on any atom is 0.255 e. The molecule has 0 aliphatic rings. The second kappa shape index (κ2) is 5.43. The average Bonchev–Trinajstić information content (AvgIpc) is 2.18. The van der Waals surface area contributed by atoms with E-state index in [0.29, 0.717) is 18.9 Å². The summed E-state index contributed by atoms with van der Waals surface area (Å²) >= 11 is 0. The Labute approximate surface area is 80.7 Å². The maximum atomic E-state index is 12.2. The molecule has 1 aromatic rings. The number of hydrogen-bond donors (Lipinski definition) is 1. The number of anilines is 1. The molecule has 0 saturated carbocycles. The van der Waals surface area contributed by atoms with Crippen molar-refractivity contribution in [2.45, 2.75) is 6.43 Å². The molecule has 0 unspecified atom stereocenters. The summed E-state index contributed by atoms with van der Waals surface area (Å²) in [5, 5.41) is 7.36. The van der Waals surface area contributed by atoms with E-state index in [1.807, 2.05) is 0 Å². The normalized spacial score (nSPS) is 10.6. The van der Waals surface area contributed by atoms with E-state index in [0.717, 1.165) is 0 Å². The first-order valence-electron chi connectivity index (χ1n) is 4.25. The number of hydrogen-bond acceptors (Lipinski definition) is 4. The van der Waals surface area contributed by atoms with E-state index in [1.165, 1.54) is 11.1 Å². The van der Waals surface area contributed by atoms with Crippen molar-refractivity contribution in [2.24, 2.45) is 5.73 Å². The molecule has 1 aromatic heterocycles.